The number of anilines is 1. The van der Waals surface area contributed by atoms with Crippen LogP contribution in [-0.4, -0.2) is 51.1 Å². The first-order chi connectivity index (χ1) is 14.0. The van der Waals surface area contributed by atoms with Crippen molar-refractivity contribution in [3.8, 4) is 11.8 Å². The number of esters is 1. The van der Waals surface area contributed by atoms with Gasteiger partial charge in [0.2, 0.25) is 11.8 Å². The van der Waals surface area contributed by atoms with Crippen LogP contribution in [0.25, 0.3) is 0 Å². The van der Waals surface area contributed by atoms with Crippen molar-refractivity contribution in [3.05, 3.63) is 29.3 Å². The Morgan fingerprint density at radius 2 is 2.03 bits per heavy atom. The van der Waals surface area contributed by atoms with E-state index >= 15 is 0 Å². The molecule has 1 fully saturated rings. The van der Waals surface area contributed by atoms with Gasteiger partial charge < -0.3 is 26.4 Å². The lowest BCUT2D eigenvalue weighted by Crippen LogP contribution is -2.38. The van der Waals surface area contributed by atoms with Crippen molar-refractivity contribution >= 4 is 23.5 Å². The molecule has 8 nitrogen and oxygen atoms in total. The van der Waals surface area contributed by atoms with Gasteiger partial charge in [0.15, 0.2) is 0 Å². The molecule has 156 valence electrons. The fourth-order valence-corrected chi connectivity index (χ4v) is 3.07. The predicted molar refractivity (Wildman–Crippen MR) is 110 cm³/mol. The van der Waals surface area contributed by atoms with Crippen molar-refractivity contribution in [2.75, 3.05) is 38.6 Å². The molecule has 8 heteroatoms. The van der Waals surface area contributed by atoms with Gasteiger partial charge in [-0.2, -0.15) is 0 Å². The van der Waals surface area contributed by atoms with Crippen LogP contribution in [0.1, 0.15) is 41.6 Å². The number of amides is 2. The summed E-state index contributed by atoms with van der Waals surface area (Å²) in [5.74, 6) is 4.96. The lowest BCUT2D eigenvalue weighted by molar-refractivity contribution is -0.126. The van der Waals surface area contributed by atoms with Crippen LogP contribution in [0.3, 0.4) is 0 Å². The number of piperidine rings is 1. The van der Waals surface area contributed by atoms with Crippen molar-refractivity contribution in [1.29, 1.82) is 0 Å². The van der Waals surface area contributed by atoms with E-state index in [9.17, 15) is 14.4 Å². The minimum absolute atomic E-state index is 0.0615. The van der Waals surface area contributed by atoms with Crippen LogP contribution in [-0.2, 0) is 14.3 Å². The quantitative estimate of drug-likeness (QED) is 0.302. The molecule has 29 heavy (non-hydrogen) atoms. The number of carbonyl (C=O) groups excluding carboxylic acids is 3. The molecule has 0 radical (unpaired) electrons. The summed E-state index contributed by atoms with van der Waals surface area (Å²) < 4.78 is 4.74. The lowest BCUT2D eigenvalue weighted by Gasteiger charge is -2.21. The van der Waals surface area contributed by atoms with Crippen LogP contribution in [0.5, 0.6) is 0 Å². The number of ether oxygens (including phenoxy) is 1. The normalized spacial score (nSPS) is 13.7. The van der Waals surface area contributed by atoms with Crippen LogP contribution >= 0.6 is 0 Å². The number of hydrogen-bond donors (Lipinski definition) is 4. The second kappa shape index (κ2) is 11.8. The van der Waals surface area contributed by atoms with E-state index in [1.807, 2.05) is 0 Å². The van der Waals surface area contributed by atoms with Crippen LogP contribution in [0.4, 0.5) is 5.69 Å². The summed E-state index contributed by atoms with van der Waals surface area (Å²) >= 11 is 0. The van der Waals surface area contributed by atoms with Gasteiger partial charge in [-0.25, -0.2) is 4.79 Å². The molecule has 0 saturated carbocycles. The highest BCUT2D eigenvalue weighted by atomic mass is 16.5. The van der Waals surface area contributed by atoms with E-state index in [2.05, 4.69) is 27.8 Å². The second-order valence-corrected chi connectivity index (χ2v) is 6.72. The fraction of sp³-hybridized carbons (Fsp3) is 0.476. The molecule has 2 rings (SSSR count). The van der Waals surface area contributed by atoms with E-state index in [0.717, 1.165) is 25.9 Å². The molecular formula is C21H28N4O4. The van der Waals surface area contributed by atoms with Crippen LogP contribution in [0, 0.1) is 17.8 Å². The molecule has 0 aliphatic carbocycles. The Hall–Kier alpha value is -2.89. The lowest BCUT2D eigenvalue weighted by atomic mass is 9.97. The molecule has 1 heterocycles. The second-order valence-electron chi connectivity index (χ2n) is 6.72. The van der Waals surface area contributed by atoms with Gasteiger partial charge in [0.05, 0.1) is 19.2 Å². The van der Waals surface area contributed by atoms with E-state index < -0.39 is 5.97 Å². The molecule has 1 saturated heterocycles. The van der Waals surface area contributed by atoms with Crippen molar-refractivity contribution in [1.82, 2.24) is 10.6 Å². The minimum atomic E-state index is -0.506. The van der Waals surface area contributed by atoms with Crippen molar-refractivity contribution in [2.45, 2.75) is 25.7 Å². The number of carbonyl (C=O) groups is 3. The van der Waals surface area contributed by atoms with Crippen LogP contribution in [0.15, 0.2) is 18.2 Å². The summed E-state index contributed by atoms with van der Waals surface area (Å²) in [6.45, 7) is 2.35. The van der Waals surface area contributed by atoms with E-state index in [1.165, 1.54) is 7.11 Å². The molecule has 1 aromatic rings. The molecule has 0 unspecified atom stereocenters. The Morgan fingerprint density at radius 1 is 1.28 bits per heavy atom. The zero-order chi connectivity index (χ0) is 21.1. The third kappa shape index (κ3) is 7.22. The van der Waals surface area contributed by atoms with Crippen LogP contribution < -0.4 is 21.7 Å². The Balaban J connectivity index is 1.83. The highest BCUT2D eigenvalue weighted by Gasteiger charge is 2.20. The molecule has 1 aliphatic heterocycles. The average Bonchev–Trinajstić information content (AvgIpc) is 2.75. The maximum atomic E-state index is 12.2. The number of benzene rings is 1. The summed E-state index contributed by atoms with van der Waals surface area (Å²) in [6.07, 6.45) is 2.52. The van der Waals surface area contributed by atoms with Crippen molar-refractivity contribution < 1.29 is 19.1 Å². The standard InChI is InChI=1S/C21H28N4O4/c1-29-21(28)18-7-6-17(14-16(18)4-2-10-22)25-19(26)5-3-11-24-20(27)15-8-12-23-13-9-15/h6-7,14-15,23H,3,5,8-13,22H2,1H3,(H,24,27)(H,25,26). The predicted octanol–water partition coefficient (Wildman–Crippen LogP) is 0.618. The van der Waals surface area contributed by atoms with Crippen LogP contribution in [0.2, 0.25) is 0 Å². The summed E-state index contributed by atoms with van der Waals surface area (Å²) in [5, 5.41) is 8.92. The molecule has 2 amide bonds. The smallest absolute Gasteiger partial charge is 0.339 e. The zero-order valence-electron chi connectivity index (χ0n) is 16.7. The number of nitrogens with two attached hydrogens (primary N) is 1. The van der Waals surface area contributed by atoms with Gasteiger partial charge in [-0.15, -0.1) is 0 Å². The molecule has 0 bridgehead atoms. The summed E-state index contributed by atoms with van der Waals surface area (Å²) in [4.78, 5) is 36.1. The molecule has 0 spiro atoms. The summed E-state index contributed by atoms with van der Waals surface area (Å²) in [7, 11) is 1.29. The van der Waals surface area contributed by atoms with Gasteiger partial charge >= 0.3 is 5.97 Å². The topological polar surface area (TPSA) is 123 Å². The maximum Gasteiger partial charge on any atom is 0.339 e. The highest BCUT2D eigenvalue weighted by molar-refractivity contribution is 5.95. The molecule has 0 aromatic heterocycles. The fourth-order valence-electron chi connectivity index (χ4n) is 3.07. The van der Waals surface area contributed by atoms with Gasteiger partial charge in [-0.3, -0.25) is 9.59 Å². The van der Waals surface area contributed by atoms with Gasteiger partial charge in [0, 0.05) is 30.1 Å². The first-order valence-corrected chi connectivity index (χ1v) is 9.74. The van der Waals surface area contributed by atoms with E-state index in [0.29, 0.717) is 29.8 Å². The van der Waals surface area contributed by atoms with Crippen molar-refractivity contribution in [3.63, 3.8) is 0 Å². The number of hydrogen-bond acceptors (Lipinski definition) is 6. The largest absolute Gasteiger partial charge is 0.465 e. The SMILES string of the molecule is COC(=O)c1ccc(NC(=O)CCCNC(=O)C2CCNCC2)cc1C#CCN. The third-order valence-corrected chi connectivity index (χ3v) is 4.62. The number of rotatable bonds is 7. The number of nitrogens with one attached hydrogen (secondary N) is 3. The summed E-state index contributed by atoms with van der Waals surface area (Å²) in [5.41, 5.74) is 6.68. The Labute approximate surface area is 170 Å². The Kier molecular flexibility index (Phi) is 9.15. The summed E-state index contributed by atoms with van der Waals surface area (Å²) in [6, 6.07) is 4.80. The molecule has 1 aromatic carbocycles. The minimum Gasteiger partial charge on any atom is -0.465 e. The van der Waals surface area contributed by atoms with Gasteiger partial charge in [0.25, 0.3) is 0 Å². The Morgan fingerprint density at radius 3 is 2.72 bits per heavy atom. The monoisotopic (exact) mass is 400 g/mol. The highest BCUT2D eigenvalue weighted by Crippen LogP contribution is 2.17. The first-order valence-electron chi connectivity index (χ1n) is 9.74. The molecular weight excluding hydrogens is 372 g/mol. The van der Waals surface area contributed by atoms with E-state index in [4.69, 9.17) is 10.5 Å². The zero-order valence-corrected chi connectivity index (χ0v) is 16.7. The first kappa shape index (κ1) is 22.4. The van der Waals surface area contributed by atoms with E-state index in [1.54, 1.807) is 18.2 Å². The molecule has 5 N–H and O–H groups in total. The Bertz CT molecular complexity index is 792. The molecule has 1 aliphatic rings. The number of methoxy groups -OCH3 is 1. The van der Waals surface area contributed by atoms with Gasteiger partial charge in [0.1, 0.15) is 0 Å². The maximum absolute atomic E-state index is 12.2. The average molecular weight is 400 g/mol. The third-order valence-electron chi connectivity index (χ3n) is 4.62. The van der Waals surface area contributed by atoms with E-state index in [-0.39, 0.29) is 30.7 Å². The van der Waals surface area contributed by atoms with Crippen molar-refractivity contribution in [2.24, 2.45) is 11.7 Å². The van der Waals surface area contributed by atoms with Gasteiger partial charge in [-0.05, 0) is 50.6 Å². The van der Waals surface area contributed by atoms with Gasteiger partial charge in [-0.1, -0.05) is 11.8 Å². The molecule has 0 atom stereocenters.